The van der Waals surface area contributed by atoms with E-state index >= 15 is 0 Å². The van der Waals surface area contributed by atoms with E-state index in [1.54, 1.807) is 24.9 Å². The number of hydrogen-bond donors (Lipinski definition) is 0. The van der Waals surface area contributed by atoms with Gasteiger partial charge in [-0.25, -0.2) is 0 Å². The first-order valence-electron chi connectivity index (χ1n) is 4.10. The Morgan fingerprint density at radius 3 is 3.00 bits per heavy atom. The lowest BCUT2D eigenvalue weighted by atomic mass is 10.2. The maximum Gasteiger partial charge on any atom is 0.102 e. The second-order valence-electron chi connectivity index (χ2n) is 2.57. The number of ether oxygens (including phenoxy) is 1. The van der Waals surface area contributed by atoms with Crippen molar-refractivity contribution in [3.05, 3.63) is 28.8 Å². The van der Waals surface area contributed by atoms with Crippen molar-refractivity contribution < 1.29 is 4.74 Å². The summed E-state index contributed by atoms with van der Waals surface area (Å²) < 4.78 is 4.93. The van der Waals surface area contributed by atoms with Gasteiger partial charge in [0.15, 0.2) is 0 Å². The number of halogens is 1. The number of rotatable bonds is 4. The van der Waals surface area contributed by atoms with Gasteiger partial charge in [-0.2, -0.15) is 5.26 Å². The van der Waals surface area contributed by atoms with Crippen LogP contribution in [-0.2, 0) is 4.74 Å². The van der Waals surface area contributed by atoms with Crippen molar-refractivity contribution in [2.45, 2.75) is 4.90 Å². The van der Waals surface area contributed by atoms with E-state index in [4.69, 9.17) is 21.6 Å². The molecule has 0 fully saturated rings. The molecule has 0 aromatic heterocycles. The highest BCUT2D eigenvalue weighted by Gasteiger charge is 2.05. The fraction of sp³-hybridized carbons (Fsp3) is 0.300. The van der Waals surface area contributed by atoms with Crippen LogP contribution in [0.2, 0.25) is 5.02 Å². The van der Waals surface area contributed by atoms with Crippen molar-refractivity contribution >= 4 is 23.4 Å². The van der Waals surface area contributed by atoms with Crippen molar-refractivity contribution in [1.29, 1.82) is 5.26 Å². The Balaban J connectivity index is 2.76. The Kier molecular flexibility index (Phi) is 4.81. The number of methoxy groups -OCH3 is 1. The molecule has 0 amide bonds. The second kappa shape index (κ2) is 5.92. The summed E-state index contributed by atoms with van der Waals surface area (Å²) in [4.78, 5) is 0.914. The standard InChI is InChI=1S/C10H10ClNOS/c1-13-5-6-14-10-4-2-3-9(11)8(10)7-12/h2-4H,5-6H2,1H3. The molecule has 0 N–H and O–H groups in total. The third-order valence-corrected chi connectivity index (χ3v) is 2.97. The number of thioether (sulfide) groups is 1. The third-order valence-electron chi connectivity index (χ3n) is 1.63. The zero-order valence-corrected chi connectivity index (χ0v) is 9.36. The lowest BCUT2D eigenvalue weighted by molar-refractivity contribution is 0.218. The molecule has 0 radical (unpaired) electrons. The molecule has 2 nitrogen and oxygen atoms in total. The van der Waals surface area contributed by atoms with Gasteiger partial charge in [-0.05, 0) is 12.1 Å². The molecule has 0 aliphatic rings. The van der Waals surface area contributed by atoms with Gasteiger partial charge < -0.3 is 4.74 Å². The average molecular weight is 228 g/mol. The molecule has 1 aromatic rings. The topological polar surface area (TPSA) is 33.0 Å². The Labute approximate surface area is 92.8 Å². The van der Waals surface area contributed by atoms with E-state index in [1.165, 1.54) is 0 Å². The minimum atomic E-state index is 0.509. The average Bonchev–Trinajstić information content (AvgIpc) is 2.18. The van der Waals surface area contributed by atoms with Gasteiger partial charge in [-0.15, -0.1) is 11.8 Å². The van der Waals surface area contributed by atoms with Crippen LogP contribution >= 0.6 is 23.4 Å². The summed E-state index contributed by atoms with van der Waals surface area (Å²) in [5, 5.41) is 9.39. The highest BCUT2D eigenvalue weighted by atomic mass is 35.5. The lowest BCUT2D eigenvalue weighted by Crippen LogP contribution is -1.92. The highest BCUT2D eigenvalue weighted by molar-refractivity contribution is 7.99. The molecular formula is C10H10ClNOS. The Bertz CT molecular complexity index is 348. The molecule has 14 heavy (non-hydrogen) atoms. The van der Waals surface area contributed by atoms with E-state index in [-0.39, 0.29) is 0 Å². The fourth-order valence-electron chi connectivity index (χ4n) is 0.968. The molecule has 0 aliphatic heterocycles. The van der Waals surface area contributed by atoms with Crippen molar-refractivity contribution in [3.63, 3.8) is 0 Å². The van der Waals surface area contributed by atoms with Gasteiger partial charge in [-0.1, -0.05) is 17.7 Å². The first-order valence-corrected chi connectivity index (χ1v) is 5.46. The van der Waals surface area contributed by atoms with Crippen LogP contribution in [0.15, 0.2) is 23.1 Å². The third kappa shape index (κ3) is 2.91. The normalized spacial score (nSPS) is 9.79. The minimum absolute atomic E-state index is 0.509. The summed E-state index contributed by atoms with van der Waals surface area (Å²) in [5.74, 6) is 0.825. The SMILES string of the molecule is COCCSc1cccc(Cl)c1C#N. The molecule has 0 saturated heterocycles. The molecule has 0 bridgehead atoms. The van der Waals surface area contributed by atoms with Crippen LogP contribution in [0.1, 0.15) is 5.56 Å². The van der Waals surface area contributed by atoms with Gasteiger partial charge in [0, 0.05) is 17.8 Å². The molecule has 0 unspecified atom stereocenters. The second-order valence-corrected chi connectivity index (χ2v) is 4.11. The summed E-state index contributed by atoms with van der Waals surface area (Å²) in [5.41, 5.74) is 0.551. The van der Waals surface area contributed by atoms with Crippen LogP contribution in [0.5, 0.6) is 0 Å². The van der Waals surface area contributed by atoms with E-state index in [9.17, 15) is 0 Å². The van der Waals surface area contributed by atoms with Gasteiger partial charge in [0.1, 0.15) is 6.07 Å². The first kappa shape index (κ1) is 11.4. The van der Waals surface area contributed by atoms with Gasteiger partial charge >= 0.3 is 0 Å². The number of benzene rings is 1. The first-order chi connectivity index (χ1) is 6.79. The Hall–Kier alpha value is -0.690. The predicted octanol–water partition coefficient (Wildman–Crippen LogP) is 2.95. The van der Waals surface area contributed by atoms with Crippen LogP contribution in [0, 0.1) is 11.3 Å². The highest BCUT2D eigenvalue weighted by Crippen LogP contribution is 2.27. The van der Waals surface area contributed by atoms with Gasteiger partial charge in [0.05, 0.1) is 17.2 Å². The van der Waals surface area contributed by atoms with Gasteiger partial charge in [-0.3, -0.25) is 0 Å². The summed E-state index contributed by atoms with van der Waals surface area (Å²) >= 11 is 7.45. The molecule has 1 rings (SSSR count). The van der Waals surface area contributed by atoms with Crippen molar-refractivity contribution in [3.8, 4) is 6.07 Å². The summed E-state index contributed by atoms with van der Waals surface area (Å²) in [6.45, 7) is 0.669. The molecular weight excluding hydrogens is 218 g/mol. The Morgan fingerprint density at radius 1 is 1.57 bits per heavy atom. The quantitative estimate of drug-likeness (QED) is 0.586. The Morgan fingerprint density at radius 2 is 2.36 bits per heavy atom. The molecule has 4 heteroatoms. The fourth-order valence-corrected chi connectivity index (χ4v) is 2.19. The van der Waals surface area contributed by atoms with E-state index in [0.717, 1.165) is 10.6 Å². The van der Waals surface area contributed by atoms with Crippen LogP contribution in [0.3, 0.4) is 0 Å². The van der Waals surface area contributed by atoms with E-state index in [2.05, 4.69) is 6.07 Å². The monoisotopic (exact) mass is 227 g/mol. The smallest absolute Gasteiger partial charge is 0.102 e. The van der Waals surface area contributed by atoms with E-state index in [1.807, 2.05) is 12.1 Å². The predicted molar refractivity (Wildman–Crippen MR) is 58.8 cm³/mol. The molecule has 0 saturated carbocycles. The maximum atomic E-state index is 8.88. The number of nitrogens with zero attached hydrogens (tertiary/aromatic N) is 1. The molecule has 0 heterocycles. The molecule has 74 valence electrons. The maximum absolute atomic E-state index is 8.88. The minimum Gasteiger partial charge on any atom is -0.384 e. The van der Waals surface area contributed by atoms with Crippen molar-refractivity contribution in [1.82, 2.24) is 0 Å². The number of nitriles is 1. The lowest BCUT2D eigenvalue weighted by Gasteiger charge is -2.04. The van der Waals surface area contributed by atoms with Crippen LogP contribution in [-0.4, -0.2) is 19.5 Å². The summed E-state index contributed by atoms with van der Waals surface area (Å²) in [7, 11) is 1.66. The van der Waals surface area contributed by atoms with Crippen molar-refractivity contribution in [2.24, 2.45) is 0 Å². The van der Waals surface area contributed by atoms with Gasteiger partial charge in [0.2, 0.25) is 0 Å². The largest absolute Gasteiger partial charge is 0.384 e. The molecule has 0 atom stereocenters. The van der Waals surface area contributed by atoms with Crippen LogP contribution in [0.4, 0.5) is 0 Å². The van der Waals surface area contributed by atoms with E-state index in [0.29, 0.717) is 17.2 Å². The van der Waals surface area contributed by atoms with E-state index < -0.39 is 0 Å². The zero-order valence-electron chi connectivity index (χ0n) is 7.79. The summed E-state index contributed by atoms with van der Waals surface area (Å²) in [6.07, 6.45) is 0. The summed E-state index contributed by atoms with van der Waals surface area (Å²) in [6, 6.07) is 7.56. The van der Waals surface area contributed by atoms with Crippen LogP contribution in [0.25, 0.3) is 0 Å². The van der Waals surface area contributed by atoms with Crippen LogP contribution < -0.4 is 0 Å². The van der Waals surface area contributed by atoms with Gasteiger partial charge in [0.25, 0.3) is 0 Å². The van der Waals surface area contributed by atoms with Crippen molar-refractivity contribution in [2.75, 3.05) is 19.5 Å². The molecule has 1 aromatic carbocycles. The zero-order chi connectivity index (χ0) is 10.4. The molecule has 0 aliphatic carbocycles. The number of hydrogen-bond acceptors (Lipinski definition) is 3. The molecule has 0 spiro atoms.